The van der Waals surface area contributed by atoms with Gasteiger partial charge in [0, 0.05) is 11.2 Å². The maximum absolute atomic E-state index is 12.3. The smallest absolute Gasteiger partial charge is 0.417 e. The van der Waals surface area contributed by atoms with Crippen LogP contribution < -0.4 is 4.90 Å². The Kier molecular flexibility index (Phi) is 4.39. The van der Waals surface area contributed by atoms with Crippen LogP contribution in [0.1, 0.15) is 33.6 Å². The summed E-state index contributed by atoms with van der Waals surface area (Å²) in [7, 11) is 0. The van der Waals surface area contributed by atoms with E-state index in [0.717, 1.165) is 18.5 Å². The van der Waals surface area contributed by atoms with Crippen molar-refractivity contribution in [2.24, 2.45) is 5.92 Å². The van der Waals surface area contributed by atoms with Crippen LogP contribution in [0.4, 0.5) is 10.5 Å². The zero-order valence-corrected chi connectivity index (χ0v) is 12.9. The first-order chi connectivity index (χ1) is 9.39. The SMILES string of the molecule is CC(C)(C)N(C(=O)O/C=C(/Cl)C1CC1)c1ccccc1. The van der Waals surface area contributed by atoms with Crippen LogP contribution in [-0.4, -0.2) is 11.6 Å². The van der Waals surface area contributed by atoms with Gasteiger partial charge in [0.2, 0.25) is 0 Å². The number of carbonyl (C=O) groups is 1. The third-order valence-corrected chi connectivity index (χ3v) is 3.51. The van der Waals surface area contributed by atoms with Crippen LogP contribution in [0.3, 0.4) is 0 Å². The minimum atomic E-state index is -0.414. The van der Waals surface area contributed by atoms with Crippen LogP contribution in [-0.2, 0) is 4.74 Å². The van der Waals surface area contributed by atoms with Crippen molar-refractivity contribution in [3.05, 3.63) is 41.6 Å². The van der Waals surface area contributed by atoms with Crippen molar-refractivity contribution in [2.75, 3.05) is 4.90 Å². The van der Waals surface area contributed by atoms with Crippen LogP contribution >= 0.6 is 11.6 Å². The highest BCUT2D eigenvalue weighted by molar-refractivity contribution is 6.30. The number of hydrogen-bond donors (Lipinski definition) is 0. The molecule has 0 N–H and O–H groups in total. The second-order valence-electron chi connectivity index (χ2n) is 6.00. The van der Waals surface area contributed by atoms with Crippen molar-refractivity contribution in [3.8, 4) is 0 Å². The number of halogens is 1. The van der Waals surface area contributed by atoms with Gasteiger partial charge in [-0.15, -0.1) is 0 Å². The Morgan fingerprint density at radius 3 is 2.40 bits per heavy atom. The number of allylic oxidation sites excluding steroid dienone is 1. The monoisotopic (exact) mass is 293 g/mol. The molecule has 0 atom stereocenters. The highest BCUT2D eigenvalue weighted by Gasteiger charge is 2.30. The second kappa shape index (κ2) is 5.88. The molecule has 1 aliphatic carbocycles. The van der Waals surface area contributed by atoms with Gasteiger partial charge in [0.25, 0.3) is 0 Å². The molecule has 1 saturated carbocycles. The summed E-state index contributed by atoms with van der Waals surface area (Å²) >= 11 is 6.05. The highest BCUT2D eigenvalue weighted by atomic mass is 35.5. The summed E-state index contributed by atoms with van der Waals surface area (Å²) in [6.45, 7) is 5.90. The number of carbonyl (C=O) groups excluding carboxylic acids is 1. The zero-order valence-electron chi connectivity index (χ0n) is 12.1. The first-order valence-corrected chi connectivity index (χ1v) is 7.19. The minimum Gasteiger partial charge on any atom is -0.417 e. The van der Waals surface area contributed by atoms with Crippen LogP contribution in [0.5, 0.6) is 0 Å². The molecule has 0 bridgehead atoms. The first-order valence-electron chi connectivity index (χ1n) is 6.81. The van der Waals surface area contributed by atoms with Crippen LogP contribution in [0.2, 0.25) is 0 Å². The van der Waals surface area contributed by atoms with Gasteiger partial charge in [-0.3, -0.25) is 4.90 Å². The molecule has 3 nitrogen and oxygen atoms in total. The van der Waals surface area contributed by atoms with Crippen molar-refractivity contribution < 1.29 is 9.53 Å². The third kappa shape index (κ3) is 3.76. The van der Waals surface area contributed by atoms with Gasteiger partial charge in [-0.05, 0) is 51.7 Å². The molecule has 0 aliphatic heterocycles. The molecule has 0 radical (unpaired) electrons. The summed E-state index contributed by atoms with van der Waals surface area (Å²) in [6.07, 6.45) is 3.12. The Labute approximate surface area is 125 Å². The Morgan fingerprint density at radius 1 is 1.30 bits per heavy atom. The zero-order chi connectivity index (χ0) is 14.8. The lowest BCUT2D eigenvalue weighted by Gasteiger charge is -2.34. The maximum atomic E-state index is 12.3. The van der Waals surface area contributed by atoms with Gasteiger partial charge in [0.15, 0.2) is 0 Å². The predicted molar refractivity (Wildman–Crippen MR) is 81.8 cm³/mol. The molecule has 2 rings (SSSR count). The van der Waals surface area contributed by atoms with Crippen LogP contribution in [0, 0.1) is 5.92 Å². The van der Waals surface area contributed by atoms with Gasteiger partial charge in [-0.2, -0.15) is 0 Å². The summed E-state index contributed by atoms with van der Waals surface area (Å²) in [4.78, 5) is 14.0. The molecule has 20 heavy (non-hydrogen) atoms. The average molecular weight is 294 g/mol. The molecule has 1 fully saturated rings. The highest BCUT2D eigenvalue weighted by Crippen LogP contribution is 2.38. The van der Waals surface area contributed by atoms with E-state index in [1.165, 1.54) is 6.26 Å². The van der Waals surface area contributed by atoms with E-state index in [1.54, 1.807) is 4.90 Å². The molecule has 0 heterocycles. The fraction of sp³-hybridized carbons (Fsp3) is 0.438. The molecular formula is C16H20ClNO2. The first kappa shape index (κ1) is 14.9. The fourth-order valence-electron chi connectivity index (χ4n) is 1.96. The number of para-hydroxylation sites is 1. The molecule has 0 spiro atoms. The van der Waals surface area contributed by atoms with Gasteiger partial charge in [-0.25, -0.2) is 4.79 Å². The molecule has 1 amide bonds. The molecular weight excluding hydrogens is 274 g/mol. The van der Waals surface area contributed by atoms with Crippen LogP contribution in [0.25, 0.3) is 0 Å². The average Bonchev–Trinajstić information content (AvgIpc) is 3.20. The van der Waals surface area contributed by atoms with Crippen molar-refractivity contribution >= 4 is 23.4 Å². The Bertz CT molecular complexity index is 501. The van der Waals surface area contributed by atoms with Gasteiger partial charge in [-0.1, -0.05) is 29.8 Å². The summed E-state index contributed by atoms with van der Waals surface area (Å²) in [6, 6.07) is 9.49. The third-order valence-electron chi connectivity index (χ3n) is 3.11. The summed E-state index contributed by atoms with van der Waals surface area (Å²) in [5.41, 5.74) is 0.430. The molecule has 108 valence electrons. The lowest BCUT2D eigenvalue weighted by molar-refractivity contribution is 0.186. The van der Waals surface area contributed by atoms with Crippen molar-refractivity contribution in [1.29, 1.82) is 0 Å². The summed E-state index contributed by atoms with van der Waals surface area (Å²) < 4.78 is 5.24. The van der Waals surface area contributed by atoms with Crippen LogP contribution in [0.15, 0.2) is 41.6 Å². The van der Waals surface area contributed by atoms with E-state index >= 15 is 0 Å². The quantitative estimate of drug-likeness (QED) is 0.740. The lowest BCUT2D eigenvalue weighted by atomic mass is 10.1. The van der Waals surface area contributed by atoms with E-state index in [0.29, 0.717) is 11.0 Å². The normalized spacial score (nSPS) is 15.9. The largest absolute Gasteiger partial charge is 0.419 e. The molecule has 0 unspecified atom stereocenters. The summed E-state index contributed by atoms with van der Waals surface area (Å²) in [5.74, 6) is 0.379. The Morgan fingerprint density at radius 2 is 1.90 bits per heavy atom. The van der Waals surface area contributed by atoms with Gasteiger partial charge in [0.05, 0.1) is 5.03 Å². The van der Waals surface area contributed by atoms with E-state index < -0.39 is 6.09 Å². The maximum Gasteiger partial charge on any atom is 0.419 e. The number of ether oxygens (including phenoxy) is 1. The topological polar surface area (TPSA) is 29.5 Å². The van der Waals surface area contributed by atoms with E-state index in [1.807, 2.05) is 51.1 Å². The van der Waals surface area contributed by atoms with E-state index in [2.05, 4.69) is 0 Å². The molecule has 1 aromatic carbocycles. The standard InChI is InChI=1S/C16H20ClNO2/c1-16(2,3)18(13-7-5-4-6-8-13)15(19)20-11-14(17)12-9-10-12/h4-8,11-12H,9-10H2,1-3H3/b14-11+. The van der Waals surface area contributed by atoms with E-state index in [4.69, 9.17) is 16.3 Å². The van der Waals surface area contributed by atoms with E-state index in [-0.39, 0.29) is 5.54 Å². The lowest BCUT2D eigenvalue weighted by Crippen LogP contribution is -2.45. The number of anilines is 1. The number of amides is 1. The number of benzene rings is 1. The van der Waals surface area contributed by atoms with Gasteiger partial charge >= 0.3 is 6.09 Å². The molecule has 0 aromatic heterocycles. The van der Waals surface area contributed by atoms with Crippen molar-refractivity contribution in [3.63, 3.8) is 0 Å². The number of rotatable bonds is 3. The van der Waals surface area contributed by atoms with E-state index in [9.17, 15) is 4.79 Å². The molecule has 1 aromatic rings. The van der Waals surface area contributed by atoms with Crippen molar-refractivity contribution in [1.82, 2.24) is 0 Å². The predicted octanol–water partition coefficient (Wildman–Crippen LogP) is 4.92. The fourth-order valence-corrected chi connectivity index (χ4v) is 2.22. The number of hydrogen-bond acceptors (Lipinski definition) is 2. The summed E-state index contributed by atoms with van der Waals surface area (Å²) in [5, 5.41) is 0.625. The molecule has 4 heteroatoms. The second-order valence-corrected chi connectivity index (χ2v) is 6.44. The number of nitrogens with zero attached hydrogens (tertiary/aromatic N) is 1. The van der Waals surface area contributed by atoms with Gasteiger partial charge in [0.1, 0.15) is 6.26 Å². The molecule has 0 saturated heterocycles. The molecule has 1 aliphatic rings. The Hall–Kier alpha value is -1.48. The van der Waals surface area contributed by atoms with Crippen molar-refractivity contribution in [2.45, 2.75) is 39.2 Å². The minimum absolute atomic E-state index is 0.377. The Balaban J connectivity index is 2.15. The van der Waals surface area contributed by atoms with Gasteiger partial charge < -0.3 is 4.74 Å².